The Hall–Kier alpha value is -2.16. The van der Waals surface area contributed by atoms with Crippen LogP contribution in [0.1, 0.15) is 11.1 Å². The smallest absolute Gasteiger partial charge is 0.124 e. The van der Waals surface area contributed by atoms with E-state index in [0.717, 1.165) is 5.56 Å². The molecule has 0 radical (unpaired) electrons. The molecular weight excluding hydrogens is 217 g/mol. The second-order valence-corrected chi connectivity index (χ2v) is 3.66. The zero-order valence-electron chi connectivity index (χ0n) is 9.18. The van der Waals surface area contributed by atoms with Crippen molar-refractivity contribution < 1.29 is 9.50 Å². The molecule has 0 saturated heterocycles. The lowest BCUT2D eigenvalue weighted by Gasteiger charge is -1.98. The number of benzene rings is 2. The van der Waals surface area contributed by atoms with Crippen LogP contribution >= 0.6 is 0 Å². The summed E-state index contributed by atoms with van der Waals surface area (Å²) in [7, 11) is 0. The van der Waals surface area contributed by atoms with Gasteiger partial charge in [-0.25, -0.2) is 4.39 Å². The number of halogens is 1. The van der Waals surface area contributed by atoms with Gasteiger partial charge in [-0.05, 0) is 29.8 Å². The minimum atomic E-state index is -0.251. The Kier molecular flexibility index (Phi) is 3.50. The Morgan fingerprint density at radius 2 is 1.76 bits per heavy atom. The summed E-state index contributed by atoms with van der Waals surface area (Å²) in [5.41, 5.74) is 1.60. The topological polar surface area (TPSA) is 32.6 Å². The maximum Gasteiger partial charge on any atom is 0.124 e. The number of para-hydroxylation sites is 1. The van der Waals surface area contributed by atoms with Crippen molar-refractivity contribution in [2.45, 2.75) is 6.54 Å². The Bertz CT molecular complexity index is 520. The molecule has 0 aliphatic heterocycles. The van der Waals surface area contributed by atoms with Crippen molar-refractivity contribution in [2.24, 2.45) is 4.99 Å². The summed E-state index contributed by atoms with van der Waals surface area (Å²) in [6.07, 6.45) is 1.61. The van der Waals surface area contributed by atoms with Crippen LogP contribution in [-0.4, -0.2) is 11.3 Å². The van der Waals surface area contributed by atoms with E-state index in [2.05, 4.69) is 4.99 Å². The number of aromatic hydroxyl groups is 1. The third-order valence-corrected chi connectivity index (χ3v) is 2.35. The molecule has 0 saturated carbocycles. The van der Waals surface area contributed by atoms with Crippen molar-refractivity contribution >= 4 is 6.21 Å². The molecule has 0 spiro atoms. The highest BCUT2D eigenvalue weighted by Crippen LogP contribution is 2.13. The third kappa shape index (κ3) is 3.14. The molecule has 0 aliphatic rings. The summed E-state index contributed by atoms with van der Waals surface area (Å²) >= 11 is 0. The molecule has 3 heteroatoms. The van der Waals surface area contributed by atoms with Crippen LogP contribution in [0, 0.1) is 5.82 Å². The van der Waals surface area contributed by atoms with Crippen LogP contribution in [-0.2, 0) is 6.54 Å². The van der Waals surface area contributed by atoms with Crippen LogP contribution in [0.5, 0.6) is 5.75 Å². The third-order valence-electron chi connectivity index (χ3n) is 2.35. The first-order chi connectivity index (χ1) is 8.25. The summed E-state index contributed by atoms with van der Waals surface area (Å²) in [6, 6.07) is 13.2. The summed E-state index contributed by atoms with van der Waals surface area (Å²) in [4.78, 5) is 4.19. The van der Waals surface area contributed by atoms with Gasteiger partial charge in [-0.1, -0.05) is 24.3 Å². The molecule has 0 atom stereocenters. The standard InChI is InChI=1S/C14H12FNO/c15-13-7-5-11(6-8-13)9-16-10-12-3-1-2-4-14(12)17/h1-8,10,17H,9H2. The summed E-state index contributed by atoms with van der Waals surface area (Å²) in [5.74, 6) is -0.0474. The number of phenolic OH excluding ortho intramolecular Hbond substituents is 1. The first kappa shape index (κ1) is 11.3. The largest absolute Gasteiger partial charge is 0.507 e. The van der Waals surface area contributed by atoms with Gasteiger partial charge < -0.3 is 5.11 Å². The predicted molar refractivity (Wildman–Crippen MR) is 65.8 cm³/mol. The van der Waals surface area contributed by atoms with Crippen molar-refractivity contribution in [3.63, 3.8) is 0 Å². The summed E-state index contributed by atoms with van der Waals surface area (Å²) in [6.45, 7) is 0.467. The molecule has 86 valence electrons. The van der Waals surface area contributed by atoms with E-state index >= 15 is 0 Å². The molecule has 0 aliphatic carbocycles. The Morgan fingerprint density at radius 3 is 2.47 bits per heavy atom. The molecule has 0 fully saturated rings. The molecule has 2 aromatic rings. The van der Waals surface area contributed by atoms with E-state index in [-0.39, 0.29) is 11.6 Å². The summed E-state index contributed by atoms with van der Waals surface area (Å²) < 4.78 is 12.7. The van der Waals surface area contributed by atoms with Gasteiger partial charge in [0.1, 0.15) is 11.6 Å². The molecule has 0 unspecified atom stereocenters. The maximum absolute atomic E-state index is 12.7. The predicted octanol–water partition coefficient (Wildman–Crippen LogP) is 3.15. The fourth-order valence-corrected chi connectivity index (χ4v) is 1.44. The lowest BCUT2D eigenvalue weighted by Crippen LogP contribution is -1.85. The monoisotopic (exact) mass is 229 g/mol. The van der Waals surface area contributed by atoms with Crippen LogP contribution < -0.4 is 0 Å². The first-order valence-electron chi connectivity index (χ1n) is 5.28. The van der Waals surface area contributed by atoms with Gasteiger partial charge in [0.2, 0.25) is 0 Å². The van der Waals surface area contributed by atoms with E-state index in [1.807, 2.05) is 6.07 Å². The van der Waals surface area contributed by atoms with Crippen LogP contribution in [0.4, 0.5) is 4.39 Å². The van der Waals surface area contributed by atoms with Gasteiger partial charge >= 0.3 is 0 Å². The molecule has 1 N–H and O–H groups in total. The fourth-order valence-electron chi connectivity index (χ4n) is 1.44. The zero-order valence-corrected chi connectivity index (χ0v) is 9.18. The second kappa shape index (κ2) is 5.25. The van der Waals surface area contributed by atoms with E-state index < -0.39 is 0 Å². The Morgan fingerprint density at radius 1 is 1.06 bits per heavy atom. The number of hydrogen-bond donors (Lipinski definition) is 1. The van der Waals surface area contributed by atoms with E-state index in [4.69, 9.17) is 0 Å². The average molecular weight is 229 g/mol. The van der Waals surface area contributed by atoms with Crippen molar-refractivity contribution in [3.05, 3.63) is 65.5 Å². The Labute approximate surface area is 99.1 Å². The SMILES string of the molecule is Oc1ccccc1C=NCc1ccc(F)cc1. The zero-order chi connectivity index (χ0) is 12.1. The summed E-state index contributed by atoms with van der Waals surface area (Å²) in [5, 5.41) is 9.50. The number of phenols is 1. The quantitative estimate of drug-likeness (QED) is 0.806. The van der Waals surface area contributed by atoms with E-state index in [0.29, 0.717) is 12.1 Å². The van der Waals surface area contributed by atoms with Gasteiger partial charge in [0.05, 0.1) is 6.54 Å². The van der Waals surface area contributed by atoms with Gasteiger partial charge in [-0.15, -0.1) is 0 Å². The number of rotatable bonds is 3. The first-order valence-corrected chi connectivity index (χ1v) is 5.28. The van der Waals surface area contributed by atoms with Gasteiger partial charge in [-0.2, -0.15) is 0 Å². The lowest BCUT2D eigenvalue weighted by atomic mass is 10.2. The molecule has 17 heavy (non-hydrogen) atoms. The minimum absolute atomic E-state index is 0.204. The van der Waals surface area contributed by atoms with Crippen molar-refractivity contribution in [2.75, 3.05) is 0 Å². The van der Waals surface area contributed by atoms with Crippen molar-refractivity contribution in [1.29, 1.82) is 0 Å². The molecule has 0 aromatic heterocycles. The number of hydrogen-bond acceptors (Lipinski definition) is 2. The molecule has 2 nitrogen and oxygen atoms in total. The molecule has 0 amide bonds. The highest BCUT2D eigenvalue weighted by molar-refractivity contribution is 5.83. The second-order valence-electron chi connectivity index (χ2n) is 3.66. The molecule has 2 rings (SSSR count). The average Bonchev–Trinajstić information content (AvgIpc) is 2.34. The number of nitrogens with zero attached hydrogens (tertiary/aromatic N) is 1. The highest BCUT2D eigenvalue weighted by Gasteiger charge is 1.95. The van der Waals surface area contributed by atoms with Gasteiger partial charge in [0, 0.05) is 11.8 Å². The van der Waals surface area contributed by atoms with E-state index in [1.54, 1.807) is 36.5 Å². The lowest BCUT2D eigenvalue weighted by molar-refractivity contribution is 0.474. The van der Waals surface area contributed by atoms with Gasteiger partial charge in [0.25, 0.3) is 0 Å². The van der Waals surface area contributed by atoms with Crippen molar-refractivity contribution in [1.82, 2.24) is 0 Å². The maximum atomic E-state index is 12.7. The van der Waals surface area contributed by atoms with E-state index in [1.165, 1.54) is 12.1 Å². The van der Waals surface area contributed by atoms with Crippen LogP contribution in [0.2, 0.25) is 0 Å². The highest BCUT2D eigenvalue weighted by atomic mass is 19.1. The van der Waals surface area contributed by atoms with Gasteiger partial charge in [-0.3, -0.25) is 4.99 Å². The molecular formula is C14H12FNO. The van der Waals surface area contributed by atoms with Crippen LogP contribution in [0.25, 0.3) is 0 Å². The van der Waals surface area contributed by atoms with Crippen LogP contribution in [0.3, 0.4) is 0 Å². The Balaban J connectivity index is 2.03. The van der Waals surface area contributed by atoms with Crippen molar-refractivity contribution in [3.8, 4) is 5.75 Å². The molecule has 0 bridgehead atoms. The molecule has 2 aromatic carbocycles. The fraction of sp³-hybridized carbons (Fsp3) is 0.0714. The molecule has 0 heterocycles. The van der Waals surface area contributed by atoms with E-state index in [9.17, 15) is 9.50 Å². The van der Waals surface area contributed by atoms with Gasteiger partial charge in [0.15, 0.2) is 0 Å². The van der Waals surface area contributed by atoms with Crippen LogP contribution in [0.15, 0.2) is 53.5 Å². The minimum Gasteiger partial charge on any atom is -0.507 e. The normalized spacial score (nSPS) is 10.9. The number of aliphatic imine (C=N–C) groups is 1.